The molecule has 112 valence electrons. The second-order valence-corrected chi connectivity index (χ2v) is 6.51. The minimum Gasteiger partial charge on any atom is -0.370 e. The lowest BCUT2D eigenvalue weighted by Crippen LogP contribution is -2.32. The van der Waals surface area contributed by atoms with E-state index in [1.54, 1.807) is 0 Å². The summed E-state index contributed by atoms with van der Waals surface area (Å²) < 4.78 is 0. The predicted molar refractivity (Wildman–Crippen MR) is 87.3 cm³/mol. The summed E-state index contributed by atoms with van der Waals surface area (Å²) in [5, 5.41) is 3.56. The summed E-state index contributed by atoms with van der Waals surface area (Å²) in [7, 11) is 4.37. The molecule has 1 fully saturated rings. The van der Waals surface area contributed by atoms with Crippen LogP contribution in [0.5, 0.6) is 0 Å². The fourth-order valence-corrected chi connectivity index (χ4v) is 2.85. The number of benzene rings is 1. The second kappa shape index (κ2) is 7.09. The Balaban J connectivity index is 2.01. The van der Waals surface area contributed by atoms with Crippen LogP contribution < -0.4 is 10.2 Å². The van der Waals surface area contributed by atoms with Crippen molar-refractivity contribution >= 4 is 5.69 Å². The molecule has 0 spiro atoms. The zero-order chi connectivity index (χ0) is 14.5. The Labute approximate surface area is 124 Å². The van der Waals surface area contributed by atoms with Crippen LogP contribution in [0.2, 0.25) is 0 Å². The highest BCUT2D eigenvalue weighted by molar-refractivity contribution is 5.54. The Bertz CT molecular complexity index is 414. The van der Waals surface area contributed by atoms with Crippen LogP contribution in [-0.4, -0.2) is 44.7 Å². The van der Waals surface area contributed by atoms with Crippen LogP contribution in [0.15, 0.2) is 24.3 Å². The maximum absolute atomic E-state index is 3.56. The van der Waals surface area contributed by atoms with E-state index in [9.17, 15) is 0 Å². The molecule has 0 amide bonds. The first kappa shape index (κ1) is 15.3. The van der Waals surface area contributed by atoms with Crippen LogP contribution in [-0.2, 0) is 6.54 Å². The van der Waals surface area contributed by atoms with Crippen molar-refractivity contribution < 1.29 is 0 Å². The van der Waals surface area contributed by atoms with Gasteiger partial charge in [-0.3, -0.25) is 0 Å². The van der Waals surface area contributed by atoms with E-state index < -0.39 is 0 Å². The Hall–Kier alpha value is -1.06. The molecule has 1 aliphatic heterocycles. The molecule has 1 aliphatic rings. The maximum Gasteiger partial charge on any atom is 0.0412 e. The van der Waals surface area contributed by atoms with E-state index in [1.807, 2.05) is 0 Å². The molecule has 3 nitrogen and oxygen atoms in total. The van der Waals surface area contributed by atoms with Crippen LogP contribution >= 0.6 is 0 Å². The lowest BCUT2D eigenvalue weighted by Gasteiger charge is -2.24. The Morgan fingerprint density at radius 1 is 1.30 bits per heavy atom. The monoisotopic (exact) mass is 275 g/mol. The molecule has 1 aromatic rings. The summed E-state index contributed by atoms with van der Waals surface area (Å²) in [6.45, 7) is 8.87. The highest BCUT2D eigenvalue weighted by Gasteiger charge is 2.25. The normalized spacial score (nSPS) is 19.3. The maximum atomic E-state index is 3.56. The molecule has 0 saturated carbocycles. The van der Waals surface area contributed by atoms with Crippen molar-refractivity contribution in [2.75, 3.05) is 38.6 Å². The summed E-state index contributed by atoms with van der Waals surface area (Å²) in [5.41, 5.74) is 2.83. The topological polar surface area (TPSA) is 18.5 Å². The SMILES string of the molecule is CC(C)CNCc1ccccc1N1CCC(N(C)C)C1. The number of nitrogens with one attached hydrogen (secondary N) is 1. The minimum absolute atomic E-state index is 0.687. The van der Waals surface area contributed by atoms with Gasteiger partial charge in [-0.2, -0.15) is 0 Å². The third-order valence-corrected chi connectivity index (χ3v) is 4.09. The fraction of sp³-hybridized carbons (Fsp3) is 0.647. The van der Waals surface area contributed by atoms with Crippen LogP contribution in [0.25, 0.3) is 0 Å². The van der Waals surface area contributed by atoms with Gasteiger partial charge in [-0.1, -0.05) is 32.0 Å². The molecule has 1 saturated heterocycles. The van der Waals surface area contributed by atoms with Gasteiger partial charge in [0.2, 0.25) is 0 Å². The second-order valence-electron chi connectivity index (χ2n) is 6.51. The van der Waals surface area contributed by atoms with Crippen molar-refractivity contribution in [3.8, 4) is 0 Å². The number of likely N-dealkylation sites (N-methyl/N-ethyl adjacent to an activating group) is 1. The first-order valence-corrected chi connectivity index (χ1v) is 7.78. The molecule has 20 heavy (non-hydrogen) atoms. The van der Waals surface area contributed by atoms with Crippen molar-refractivity contribution in [3.63, 3.8) is 0 Å². The number of hydrogen-bond donors (Lipinski definition) is 1. The first-order chi connectivity index (χ1) is 9.58. The van der Waals surface area contributed by atoms with Crippen molar-refractivity contribution in [1.29, 1.82) is 0 Å². The van der Waals surface area contributed by atoms with Gasteiger partial charge in [0.25, 0.3) is 0 Å². The summed E-state index contributed by atoms with van der Waals surface area (Å²) in [4.78, 5) is 4.89. The first-order valence-electron chi connectivity index (χ1n) is 7.78. The quantitative estimate of drug-likeness (QED) is 0.861. The Kier molecular flexibility index (Phi) is 5.44. The van der Waals surface area contributed by atoms with E-state index >= 15 is 0 Å². The minimum atomic E-state index is 0.687. The molecular weight excluding hydrogens is 246 g/mol. The van der Waals surface area contributed by atoms with Gasteiger partial charge in [0, 0.05) is 31.4 Å². The molecule has 1 atom stereocenters. The average molecular weight is 275 g/mol. The van der Waals surface area contributed by atoms with Crippen molar-refractivity contribution in [2.24, 2.45) is 5.92 Å². The molecule has 1 unspecified atom stereocenters. The van der Waals surface area contributed by atoms with Crippen LogP contribution in [0.3, 0.4) is 0 Å². The number of rotatable bonds is 6. The molecule has 1 heterocycles. The summed E-state index contributed by atoms with van der Waals surface area (Å²) in [5.74, 6) is 0.701. The van der Waals surface area contributed by atoms with E-state index in [0.717, 1.165) is 19.6 Å². The highest BCUT2D eigenvalue weighted by atomic mass is 15.2. The van der Waals surface area contributed by atoms with E-state index in [-0.39, 0.29) is 0 Å². The largest absolute Gasteiger partial charge is 0.370 e. The molecule has 0 bridgehead atoms. The summed E-state index contributed by atoms with van der Waals surface area (Å²) >= 11 is 0. The molecule has 0 aliphatic carbocycles. The molecule has 0 aromatic heterocycles. The van der Waals surface area contributed by atoms with Gasteiger partial charge in [0.15, 0.2) is 0 Å². The predicted octanol–water partition coefficient (Wildman–Crippen LogP) is 2.57. The van der Waals surface area contributed by atoms with E-state index in [4.69, 9.17) is 0 Å². The van der Waals surface area contributed by atoms with Crippen LogP contribution in [0.4, 0.5) is 5.69 Å². The number of anilines is 1. The number of nitrogens with zero attached hydrogens (tertiary/aromatic N) is 2. The van der Waals surface area contributed by atoms with E-state index in [1.165, 1.54) is 24.2 Å². The number of hydrogen-bond acceptors (Lipinski definition) is 3. The molecule has 3 heteroatoms. The summed E-state index contributed by atoms with van der Waals surface area (Å²) in [6, 6.07) is 9.52. The van der Waals surface area contributed by atoms with E-state index in [2.05, 4.69) is 67.3 Å². The van der Waals surface area contributed by atoms with Crippen LogP contribution in [0, 0.1) is 5.92 Å². The van der Waals surface area contributed by atoms with Crippen molar-refractivity contribution in [1.82, 2.24) is 10.2 Å². The third kappa shape index (κ3) is 3.97. The van der Waals surface area contributed by atoms with E-state index in [0.29, 0.717) is 12.0 Å². The van der Waals surface area contributed by atoms with Crippen molar-refractivity contribution in [2.45, 2.75) is 32.9 Å². The number of para-hydroxylation sites is 1. The standard InChI is InChI=1S/C17H29N3/c1-14(2)11-18-12-15-7-5-6-8-17(15)20-10-9-16(13-20)19(3)4/h5-8,14,16,18H,9-13H2,1-4H3. The Morgan fingerprint density at radius 3 is 2.70 bits per heavy atom. The van der Waals surface area contributed by atoms with Gasteiger partial charge in [-0.05, 0) is 44.6 Å². The van der Waals surface area contributed by atoms with Gasteiger partial charge >= 0.3 is 0 Å². The zero-order valence-corrected chi connectivity index (χ0v) is 13.4. The third-order valence-electron chi connectivity index (χ3n) is 4.09. The Morgan fingerprint density at radius 2 is 2.05 bits per heavy atom. The fourth-order valence-electron chi connectivity index (χ4n) is 2.85. The lowest BCUT2D eigenvalue weighted by atomic mass is 10.1. The molecule has 0 radical (unpaired) electrons. The van der Waals surface area contributed by atoms with Gasteiger partial charge in [-0.25, -0.2) is 0 Å². The van der Waals surface area contributed by atoms with Crippen molar-refractivity contribution in [3.05, 3.63) is 29.8 Å². The van der Waals surface area contributed by atoms with Gasteiger partial charge < -0.3 is 15.1 Å². The summed E-state index contributed by atoms with van der Waals surface area (Å²) in [6.07, 6.45) is 1.26. The van der Waals surface area contributed by atoms with Crippen LogP contribution in [0.1, 0.15) is 25.8 Å². The van der Waals surface area contributed by atoms with Gasteiger partial charge in [0.1, 0.15) is 0 Å². The zero-order valence-electron chi connectivity index (χ0n) is 13.4. The molecule has 2 rings (SSSR count). The van der Waals surface area contributed by atoms with Gasteiger partial charge in [-0.15, -0.1) is 0 Å². The lowest BCUT2D eigenvalue weighted by molar-refractivity contribution is 0.315. The molecular formula is C17H29N3. The highest BCUT2D eigenvalue weighted by Crippen LogP contribution is 2.25. The average Bonchev–Trinajstić information content (AvgIpc) is 2.88. The molecule has 1 N–H and O–H groups in total. The smallest absolute Gasteiger partial charge is 0.0412 e. The molecule has 1 aromatic carbocycles. The van der Waals surface area contributed by atoms with Gasteiger partial charge in [0.05, 0.1) is 0 Å².